The molecule has 9 heteroatoms. The molecule has 136 valence electrons. The molecule has 6 nitrogen and oxygen atoms in total. The summed E-state index contributed by atoms with van der Waals surface area (Å²) in [6.45, 7) is 2.31. The summed E-state index contributed by atoms with van der Waals surface area (Å²) in [5.41, 5.74) is 0.182. The molecule has 2 rings (SSSR count). The molecule has 0 heterocycles. The third-order valence-electron chi connectivity index (χ3n) is 3.34. The zero-order valence-corrected chi connectivity index (χ0v) is 16.8. The lowest BCUT2D eigenvalue weighted by Crippen LogP contribution is -2.24. The maximum absolute atomic E-state index is 12.4. The molecule has 0 bridgehead atoms. The number of rotatable bonds is 8. The lowest BCUT2D eigenvalue weighted by molar-refractivity contribution is 0.578. The fourth-order valence-electron chi connectivity index (χ4n) is 2.02. The lowest BCUT2D eigenvalue weighted by Gasteiger charge is -2.11. The van der Waals surface area contributed by atoms with E-state index in [0.29, 0.717) is 6.54 Å². The van der Waals surface area contributed by atoms with Crippen molar-refractivity contribution in [3.8, 4) is 0 Å². The maximum Gasteiger partial charge on any atom is 0.261 e. The van der Waals surface area contributed by atoms with Crippen LogP contribution in [0.15, 0.2) is 62.8 Å². The minimum atomic E-state index is -3.80. The highest BCUT2D eigenvalue weighted by Crippen LogP contribution is 2.21. The van der Waals surface area contributed by atoms with Crippen LogP contribution >= 0.6 is 15.9 Å². The zero-order chi connectivity index (χ0) is 18.5. The molecule has 0 spiro atoms. The number of unbranched alkanes of at least 4 members (excludes halogenated alkanes) is 1. The Hall–Kier alpha value is -1.42. The number of anilines is 1. The monoisotopic (exact) mass is 446 g/mol. The summed E-state index contributed by atoms with van der Waals surface area (Å²) in [7, 11) is -7.47. The van der Waals surface area contributed by atoms with Gasteiger partial charge in [-0.3, -0.25) is 4.72 Å². The van der Waals surface area contributed by atoms with Crippen molar-refractivity contribution in [2.24, 2.45) is 0 Å². The van der Waals surface area contributed by atoms with E-state index in [4.69, 9.17) is 0 Å². The van der Waals surface area contributed by atoms with Gasteiger partial charge in [0.2, 0.25) is 10.0 Å². The molecule has 0 saturated heterocycles. The van der Waals surface area contributed by atoms with Gasteiger partial charge in [0.25, 0.3) is 10.0 Å². The Labute approximate surface area is 156 Å². The van der Waals surface area contributed by atoms with Crippen LogP contribution in [0.3, 0.4) is 0 Å². The fraction of sp³-hybridized carbons (Fsp3) is 0.250. The number of sulfonamides is 2. The highest BCUT2D eigenvalue weighted by molar-refractivity contribution is 9.10. The number of halogens is 1. The van der Waals surface area contributed by atoms with Gasteiger partial charge in [-0.15, -0.1) is 0 Å². The van der Waals surface area contributed by atoms with Crippen LogP contribution in [0.2, 0.25) is 0 Å². The van der Waals surface area contributed by atoms with E-state index >= 15 is 0 Å². The molecule has 0 aromatic heterocycles. The molecule has 0 unspecified atom stereocenters. The minimum absolute atomic E-state index is 0.0135. The van der Waals surface area contributed by atoms with Gasteiger partial charge in [-0.05, 0) is 48.9 Å². The first kappa shape index (κ1) is 19.9. The van der Waals surface area contributed by atoms with Gasteiger partial charge in [0.15, 0.2) is 0 Å². The summed E-state index contributed by atoms with van der Waals surface area (Å²) in [4.78, 5) is 0.102. The standard InChI is InChI=1S/C16H19BrN2O4S2/c1-2-3-11-18-24(20,21)16-6-4-5-14(12-16)19-25(22,23)15-9-7-13(17)8-10-15/h4-10,12,18-19H,2-3,11H2,1H3. The van der Waals surface area contributed by atoms with Crippen LogP contribution in [0.25, 0.3) is 0 Å². The van der Waals surface area contributed by atoms with E-state index in [1.165, 1.54) is 36.4 Å². The van der Waals surface area contributed by atoms with Gasteiger partial charge in [-0.1, -0.05) is 35.3 Å². The van der Waals surface area contributed by atoms with Crippen LogP contribution < -0.4 is 9.44 Å². The molecule has 0 aliphatic rings. The number of hydrogen-bond acceptors (Lipinski definition) is 4. The van der Waals surface area contributed by atoms with Crippen LogP contribution in [0.4, 0.5) is 5.69 Å². The molecule has 25 heavy (non-hydrogen) atoms. The number of benzene rings is 2. The summed E-state index contributed by atoms with van der Waals surface area (Å²) in [5.74, 6) is 0. The Morgan fingerprint density at radius 1 is 0.920 bits per heavy atom. The second-order valence-corrected chi connectivity index (χ2v) is 9.70. The summed E-state index contributed by atoms with van der Waals surface area (Å²) in [5, 5.41) is 0. The summed E-state index contributed by atoms with van der Waals surface area (Å²) >= 11 is 3.25. The molecule has 0 amide bonds. The van der Waals surface area contributed by atoms with Gasteiger partial charge in [-0.25, -0.2) is 21.6 Å². The first-order valence-corrected chi connectivity index (χ1v) is 11.4. The largest absolute Gasteiger partial charge is 0.280 e. The van der Waals surface area contributed by atoms with Gasteiger partial charge in [0, 0.05) is 11.0 Å². The molecular formula is C16H19BrN2O4S2. The fourth-order valence-corrected chi connectivity index (χ4v) is 4.45. The molecule has 2 aromatic rings. The zero-order valence-electron chi connectivity index (χ0n) is 13.6. The molecule has 0 radical (unpaired) electrons. The SMILES string of the molecule is CCCCNS(=O)(=O)c1cccc(NS(=O)(=O)c2ccc(Br)cc2)c1. The van der Waals surface area contributed by atoms with Crippen LogP contribution in [0.5, 0.6) is 0 Å². The molecule has 0 atom stereocenters. The molecule has 0 aliphatic heterocycles. The van der Waals surface area contributed by atoms with Gasteiger partial charge < -0.3 is 0 Å². The van der Waals surface area contributed by atoms with Crippen LogP contribution in [-0.2, 0) is 20.0 Å². The Kier molecular flexibility index (Phi) is 6.61. The highest BCUT2D eigenvalue weighted by atomic mass is 79.9. The van der Waals surface area contributed by atoms with E-state index in [2.05, 4.69) is 25.4 Å². The quantitative estimate of drug-likeness (QED) is 0.608. The third kappa shape index (κ3) is 5.53. The van der Waals surface area contributed by atoms with Crippen molar-refractivity contribution in [3.63, 3.8) is 0 Å². The topological polar surface area (TPSA) is 92.3 Å². The molecular weight excluding hydrogens is 428 g/mol. The van der Waals surface area contributed by atoms with Gasteiger partial charge in [-0.2, -0.15) is 0 Å². The van der Waals surface area contributed by atoms with Crippen LogP contribution in [0, 0.1) is 0 Å². The van der Waals surface area contributed by atoms with E-state index in [9.17, 15) is 16.8 Å². The molecule has 2 N–H and O–H groups in total. The van der Waals surface area contributed by atoms with E-state index in [-0.39, 0.29) is 15.5 Å². The second kappa shape index (κ2) is 8.31. The van der Waals surface area contributed by atoms with Crippen LogP contribution in [0.1, 0.15) is 19.8 Å². The van der Waals surface area contributed by atoms with Crippen molar-refractivity contribution >= 4 is 41.7 Å². The number of nitrogens with one attached hydrogen (secondary N) is 2. The van der Waals surface area contributed by atoms with E-state index in [0.717, 1.165) is 17.3 Å². The summed E-state index contributed by atoms with van der Waals surface area (Å²) < 4.78 is 54.9. The van der Waals surface area contributed by atoms with Crippen molar-refractivity contribution in [2.75, 3.05) is 11.3 Å². The maximum atomic E-state index is 12.4. The highest BCUT2D eigenvalue weighted by Gasteiger charge is 2.17. The Balaban J connectivity index is 2.22. The first-order valence-electron chi connectivity index (χ1n) is 7.63. The smallest absolute Gasteiger partial charge is 0.261 e. The van der Waals surface area contributed by atoms with E-state index in [1.54, 1.807) is 12.1 Å². The minimum Gasteiger partial charge on any atom is -0.280 e. The normalized spacial score (nSPS) is 12.1. The molecule has 2 aromatic carbocycles. The predicted octanol–water partition coefficient (Wildman–Crippen LogP) is 3.33. The van der Waals surface area contributed by atoms with E-state index < -0.39 is 20.0 Å². The van der Waals surface area contributed by atoms with Gasteiger partial charge in [0.05, 0.1) is 15.5 Å². The molecule has 0 saturated carbocycles. The van der Waals surface area contributed by atoms with Crippen molar-refractivity contribution < 1.29 is 16.8 Å². The van der Waals surface area contributed by atoms with Crippen LogP contribution in [-0.4, -0.2) is 23.4 Å². The van der Waals surface area contributed by atoms with Crippen molar-refractivity contribution in [3.05, 3.63) is 53.0 Å². The average molecular weight is 447 g/mol. The third-order valence-corrected chi connectivity index (χ3v) is 6.73. The lowest BCUT2D eigenvalue weighted by atomic mass is 10.3. The van der Waals surface area contributed by atoms with Crippen molar-refractivity contribution in [1.82, 2.24) is 4.72 Å². The molecule has 0 fully saturated rings. The number of hydrogen-bond donors (Lipinski definition) is 2. The van der Waals surface area contributed by atoms with E-state index in [1.807, 2.05) is 6.92 Å². The first-order chi connectivity index (χ1) is 11.7. The summed E-state index contributed by atoms with van der Waals surface area (Å²) in [6.07, 6.45) is 1.60. The summed E-state index contributed by atoms with van der Waals surface area (Å²) in [6, 6.07) is 11.9. The van der Waals surface area contributed by atoms with Gasteiger partial charge >= 0.3 is 0 Å². The predicted molar refractivity (Wildman–Crippen MR) is 101 cm³/mol. The second-order valence-electron chi connectivity index (χ2n) is 5.34. The Bertz CT molecular complexity index is 927. The van der Waals surface area contributed by atoms with Gasteiger partial charge in [0.1, 0.15) is 0 Å². The van der Waals surface area contributed by atoms with Crippen molar-refractivity contribution in [2.45, 2.75) is 29.6 Å². The van der Waals surface area contributed by atoms with Crippen molar-refractivity contribution in [1.29, 1.82) is 0 Å². The Morgan fingerprint density at radius 3 is 2.24 bits per heavy atom. The molecule has 0 aliphatic carbocycles. The average Bonchev–Trinajstić information content (AvgIpc) is 2.55. The Morgan fingerprint density at radius 2 is 1.60 bits per heavy atom.